The van der Waals surface area contributed by atoms with Crippen LogP contribution in [0.3, 0.4) is 0 Å². The van der Waals surface area contributed by atoms with Crippen molar-refractivity contribution >= 4 is 11.6 Å². The van der Waals surface area contributed by atoms with Crippen LogP contribution in [0, 0.1) is 23.7 Å². The lowest BCUT2D eigenvalue weighted by atomic mass is 9.65. The molecule has 5 rings (SSSR count). The van der Waals surface area contributed by atoms with Gasteiger partial charge in [-0.05, 0) is 100 Å². The van der Waals surface area contributed by atoms with Gasteiger partial charge >= 0.3 is 0 Å². The highest BCUT2D eigenvalue weighted by atomic mass is 16.5. The van der Waals surface area contributed by atoms with Gasteiger partial charge in [-0.15, -0.1) is 0 Å². The predicted octanol–water partition coefficient (Wildman–Crippen LogP) is 6.66. The Hall–Kier alpha value is -1.52. The molecule has 4 fully saturated rings. The monoisotopic (exact) mass is 494 g/mol. The molecule has 0 aromatic heterocycles. The van der Waals surface area contributed by atoms with E-state index in [-0.39, 0.29) is 36.0 Å². The van der Waals surface area contributed by atoms with Gasteiger partial charge in [-0.25, -0.2) is 0 Å². The van der Waals surface area contributed by atoms with Crippen LogP contribution >= 0.6 is 0 Å². The van der Waals surface area contributed by atoms with E-state index in [1.54, 1.807) is 0 Å². The second-order valence-corrected chi connectivity index (χ2v) is 13.0. The van der Waals surface area contributed by atoms with Crippen LogP contribution in [0.1, 0.15) is 102 Å². The molecule has 4 aliphatic rings. The Morgan fingerprint density at radius 1 is 0.694 bits per heavy atom. The summed E-state index contributed by atoms with van der Waals surface area (Å²) in [6, 6.07) is 7.94. The van der Waals surface area contributed by atoms with Crippen molar-refractivity contribution in [3.8, 4) is 0 Å². The maximum atomic E-state index is 12.7. The molecule has 36 heavy (non-hydrogen) atoms. The summed E-state index contributed by atoms with van der Waals surface area (Å²) in [5.41, 5.74) is 1.71. The SMILES string of the molecule is C[C@@]1(OCC(=O)Cc2ccc(CC(=O)CO[C@]3(C)CC[C@H]4CCC[C@@H]3C4)cc2)CC[C@H]2CCC[C@@H]1C2. The molecular formula is C32H46O4. The molecule has 0 N–H and O–H groups in total. The summed E-state index contributed by atoms with van der Waals surface area (Å²) >= 11 is 0. The van der Waals surface area contributed by atoms with E-state index >= 15 is 0 Å². The molecule has 0 radical (unpaired) electrons. The van der Waals surface area contributed by atoms with Crippen LogP contribution in [0.15, 0.2) is 24.3 Å². The summed E-state index contributed by atoms with van der Waals surface area (Å²) in [5.74, 6) is 3.25. The Bertz CT molecular complexity index is 848. The molecule has 1 aromatic rings. The first-order valence-electron chi connectivity index (χ1n) is 14.7. The summed E-state index contributed by atoms with van der Waals surface area (Å²) in [7, 11) is 0. The number of hydrogen-bond acceptors (Lipinski definition) is 4. The first-order chi connectivity index (χ1) is 17.3. The summed E-state index contributed by atoms with van der Waals surface area (Å²) in [6.45, 7) is 4.86. The van der Waals surface area contributed by atoms with Gasteiger partial charge in [0.15, 0.2) is 11.6 Å². The molecule has 0 amide bonds. The quantitative estimate of drug-likeness (QED) is 0.365. The van der Waals surface area contributed by atoms with Gasteiger partial charge in [0.1, 0.15) is 13.2 Å². The zero-order valence-electron chi connectivity index (χ0n) is 22.6. The van der Waals surface area contributed by atoms with Crippen molar-refractivity contribution in [3.63, 3.8) is 0 Å². The Morgan fingerprint density at radius 2 is 1.11 bits per heavy atom. The van der Waals surface area contributed by atoms with E-state index in [0.29, 0.717) is 24.7 Å². The fraction of sp³-hybridized carbons (Fsp3) is 0.750. The van der Waals surface area contributed by atoms with Gasteiger partial charge in [0, 0.05) is 12.8 Å². The minimum Gasteiger partial charge on any atom is -0.367 e. The van der Waals surface area contributed by atoms with Gasteiger partial charge in [0.25, 0.3) is 0 Å². The summed E-state index contributed by atoms with van der Waals surface area (Å²) in [6.07, 6.45) is 15.8. The highest BCUT2D eigenvalue weighted by Crippen LogP contribution is 2.48. The Balaban J connectivity index is 1.05. The third kappa shape index (κ3) is 6.13. The van der Waals surface area contributed by atoms with Gasteiger partial charge in [0.2, 0.25) is 0 Å². The first-order valence-corrected chi connectivity index (χ1v) is 14.7. The molecule has 0 spiro atoms. The number of ether oxygens (including phenoxy) is 2. The lowest BCUT2D eigenvalue weighted by molar-refractivity contribution is -0.144. The smallest absolute Gasteiger partial charge is 0.162 e. The normalized spacial score (nSPS) is 35.8. The second-order valence-electron chi connectivity index (χ2n) is 13.0. The third-order valence-corrected chi connectivity index (χ3v) is 10.3. The Labute approximate surface area is 217 Å². The molecule has 4 heteroatoms. The van der Waals surface area contributed by atoms with E-state index in [1.165, 1.54) is 64.2 Å². The molecule has 0 aliphatic heterocycles. The Morgan fingerprint density at radius 3 is 1.53 bits per heavy atom. The molecule has 4 saturated carbocycles. The molecule has 0 saturated heterocycles. The van der Waals surface area contributed by atoms with Gasteiger partial charge in [0.05, 0.1) is 11.2 Å². The topological polar surface area (TPSA) is 52.6 Å². The maximum Gasteiger partial charge on any atom is 0.162 e. The molecule has 4 nitrogen and oxygen atoms in total. The average Bonchev–Trinajstić information content (AvgIpc) is 2.89. The van der Waals surface area contributed by atoms with E-state index in [1.807, 2.05) is 24.3 Å². The zero-order valence-corrected chi connectivity index (χ0v) is 22.6. The van der Waals surface area contributed by atoms with Crippen molar-refractivity contribution in [1.29, 1.82) is 0 Å². The number of carbonyl (C=O) groups excluding carboxylic acids is 2. The van der Waals surface area contributed by atoms with Crippen LogP contribution < -0.4 is 0 Å². The number of ketones is 2. The van der Waals surface area contributed by atoms with Crippen LogP contribution in [0.5, 0.6) is 0 Å². The van der Waals surface area contributed by atoms with Crippen LogP contribution in [-0.4, -0.2) is 36.0 Å². The van der Waals surface area contributed by atoms with Gasteiger partial charge in [-0.3, -0.25) is 9.59 Å². The molecule has 0 unspecified atom stereocenters. The molecule has 4 bridgehead atoms. The average molecular weight is 495 g/mol. The van der Waals surface area contributed by atoms with Crippen molar-refractivity contribution in [2.75, 3.05) is 13.2 Å². The molecule has 4 aliphatic carbocycles. The largest absolute Gasteiger partial charge is 0.367 e. The predicted molar refractivity (Wildman–Crippen MR) is 142 cm³/mol. The van der Waals surface area contributed by atoms with E-state index in [0.717, 1.165) is 35.8 Å². The molecule has 198 valence electrons. The Kier molecular flexibility index (Phi) is 8.03. The maximum absolute atomic E-state index is 12.7. The van der Waals surface area contributed by atoms with E-state index < -0.39 is 0 Å². The fourth-order valence-corrected chi connectivity index (χ4v) is 7.81. The van der Waals surface area contributed by atoms with Crippen molar-refractivity contribution in [3.05, 3.63) is 35.4 Å². The highest BCUT2D eigenvalue weighted by Gasteiger charge is 2.43. The lowest BCUT2D eigenvalue weighted by Gasteiger charge is -2.47. The molecule has 6 atom stereocenters. The van der Waals surface area contributed by atoms with Crippen LogP contribution in [0.4, 0.5) is 0 Å². The van der Waals surface area contributed by atoms with Crippen molar-refractivity contribution in [2.24, 2.45) is 23.7 Å². The van der Waals surface area contributed by atoms with Crippen LogP contribution in [0.2, 0.25) is 0 Å². The molecular weight excluding hydrogens is 448 g/mol. The number of fused-ring (bicyclic) bond motifs is 4. The third-order valence-electron chi connectivity index (χ3n) is 10.3. The fourth-order valence-electron chi connectivity index (χ4n) is 7.81. The van der Waals surface area contributed by atoms with Crippen molar-refractivity contribution in [1.82, 2.24) is 0 Å². The number of benzene rings is 1. The number of Topliss-reactive ketones (excluding diaryl/α,β-unsaturated/α-hetero) is 2. The van der Waals surface area contributed by atoms with E-state index in [9.17, 15) is 9.59 Å². The van der Waals surface area contributed by atoms with Crippen LogP contribution in [0.25, 0.3) is 0 Å². The van der Waals surface area contributed by atoms with Crippen molar-refractivity contribution < 1.29 is 19.1 Å². The standard InChI is InChI=1S/C32H46O4/c1-31(15-13-23-5-3-7-27(31)17-23)35-21-29(33)19-25-9-11-26(12-10-25)20-30(34)22-36-32(2)16-14-24-6-4-8-28(32)18-24/h9-12,23-24,27-28H,3-8,13-22H2,1-2H3/t23-,24-,27-,28-,31-,32-/m1/s1. The second kappa shape index (κ2) is 11.1. The number of hydrogen-bond donors (Lipinski definition) is 0. The number of carbonyl (C=O) groups is 2. The van der Waals surface area contributed by atoms with Gasteiger partial charge in [-0.1, -0.05) is 49.9 Å². The minimum absolute atomic E-state index is 0.133. The summed E-state index contributed by atoms with van der Waals surface area (Å²) in [4.78, 5) is 25.4. The van der Waals surface area contributed by atoms with E-state index in [2.05, 4.69) is 13.8 Å². The summed E-state index contributed by atoms with van der Waals surface area (Å²) in [5, 5.41) is 0. The van der Waals surface area contributed by atoms with Gasteiger partial charge < -0.3 is 9.47 Å². The van der Waals surface area contributed by atoms with Crippen LogP contribution in [-0.2, 0) is 31.9 Å². The number of rotatable bonds is 10. The zero-order chi connectivity index (χ0) is 25.2. The van der Waals surface area contributed by atoms with Gasteiger partial charge in [-0.2, -0.15) is 0 Å². The van der Waals surface area contributed by atoms with Crippen molar-refractivity contribution in [2.45, 2.75) is 115 Å². The van der Waals surface area contributed by atoms with E-state index in [4.69, 9.17) is 9.47 Å². The molecule has 1 aromatic carbocycles. The first kappa shape index (κ1) is 26.1. The highest BCUT2D eigenvalue weighted by molar-refractivity contribution is 5.83. The minimum atomic E-state index is -0.133. The molecule has 0 heterocycles. The lowest BCUT2D eigenvalue weighted by Crippen LogP contribution is -2.45. The summed E-state index contributed by atoms with van der Waals surface area (Å²) < 4.78 is 12.5.